The van der Waals surface area contributed by atoms with Gasteiger partial charge < -0.3 is 30.1 Å². The van der Waals surface area contributed by atoms with Crippen molar-refractivity contribution < 1.29 is 206 Å². The fourth-order valence-corrected chi connectivity index (χ4v) is 1.98. The van der Waals surface area contributed by atoms with Crippen molar-refractivity contribution in [2.24, 2.45) is 5.11 Å². The van der Waals surface area contributed by atoms with Gasteiger partial charge in [-0.2, -0.15) is 7.05 Å². The van der Waals surface area contributed by atoms with Gasteiger partial charge in [-0.3, -0.25) is 0 Å². The molecule has 0 fully saturated rings. The number of esters is 1. The fraction of sp³-hybridized carbons (Fsp3) is 0.727. The maximum atomic E-state index is 11.5. The summed E-state index contributed by atoms with van der Waals surface area (Å²) in [6.45, 7) is -0.707. The molecular weight excluding hydrogens is 1190 g/mol. The summed E-state index contributed by atoms with van der Waals surface area (Å²) < 4.78 is 9.80. The standard InChI is InChI=1S/C11H17N4O6.4Ac/c1-13-8-5(14-15-12)3-7(11(19)20-2)21-10(8)9(18)6(17)4-16;;;;/h3,5-6,8-10,16-18H,4H2,1-2H3;;;;/q-1;;;;/t5?,6?,8?,9?,10-;;;;/m1..../s1. The molecule has 1 heterocycles. The molecular formula is C11H17Ac4N4O6-. The average Bonchev–Trinajstić information content (AvgIpc) is 2.51. The van der Waals surface area contributed by atoms with Gasteiger partial charge in [0.25, 0.3) is 0 Å². The van der Waals surface area contributed by atoms with E-state index in [0.717, 1.165) is 7.11 Å². The van der Waals surface area contributed by atoms with Crippen LogP contribution in [0.1, 0.15) is 0 Å². The third kappa shape index (κ3) is 11.2. The van der Waals surface area contributed by atoms with Crippen molar-refractivity contribution in [2.75, 3.05) is 20.8 Å². The van der Waals surface area contributed by atoms with Gasteiger partial charge in [-0.05, 0) is 11.6 Å². The Kier molecular flexibility index (Phi) is 28.8. The number of azide groups is 1. The number of methoxy groups -OCH3 is 1. The van der Waals surface area contributed by atoms with Crippen LogP contribution in [0.25, 0.3) is 15.8 Å². The van der Waals surface area contributed by atoms with Crippen LogP contribution in [0.3, 0.4) is 0 Å². The smallest absolute Gasteiger partial charge is 0.372 e. The summed E-state index contributed by atoms with van der Waals surface area (Å²) in [7, 11) is 2.55. The molecule has 0 saturated heterocycles. The Morgan fingerprint density at radius 2 is 2.00 bits per heavy atom. The van der Waals surface area contributed by atoms with Gasteiger partial charge in [-0.25, -0.2) is 4.79 Å². The summed E-state index contributed by atoms with van der Waals surface area (Å²) in [6.07, 6.45) is -2.97. The Morgan fingerprint density at radius 1 is 1.44 bits per heavy atom. The first-order valence-electron chi connectivity index (χ1n) is 6.07. The van der Waals surface area contributed by atoms with E-state index in [2.05, 4.69) is 20.1 Å². The molecule has 0 amide bonds. The maximum absolute atomic E-state index is 11.5. The molecule has 3 N–H and O–H groups in total. The summed E-state index contributed by atoms with van der Waals surface area (Å²) in [6, 6.07) is -1.72. The van der Waals surface area contributed by atoms with E-state index in [-0.39, 0.29) is 182 Å². The zero-order valence-electron chi connectivity index (χ0n) is 13.8. The van der Waals surface area contributed by atoms with E-state index in [1.807, 2.05) is 0 Å². The van der Waals surface area contributed by atoms with E-state index >= 15 is 0 Å². The molecule has 4 unspecified atom stereocenters. The van der Waals surface area contributed by atoms with Gasteiger partial charge in [0, 0.05) is 187 Å². The summed E-state index contributed by atoms with van der Waals surface area (Å²) in [4.78, 5) is 14.2. The minimum atomic E-state index is -1.53. The Bertz CT molecular complexity index is 466. The molecule has 25 heavy (non-hydrogen) atoms. The number of hydrogen-bond acceptors (Lipinski definition) is 7. The molecule has 10 nitrogen and oxygen atoms in total. The van der Waals surface area contributed by atoms with E-state index in [4.69, 9.17) is 15.4 Å². The number of likely N-dealkylation sites (N-methyl/N-ethyl adjacent to an activating group) is 1. The quantitative estimate of drug-likeness (QED) is 0.137. The Hall–Kier alpha value is 3.93. The van der Waals surface area contributed by atoms with Gasteiger partial charge >= 0.3 is 5.97 Å². The Morgan fingerprint density at radius 3 is 2.40 bits per heavy atom. The molecule has 1 aliphatic heterocycles. The first-order chi connectivity index (χ1) is 9.99. The number of aliphatic hydroxyl groups is 3. The average molecular weight is 1210 g/mol. The van der Waals surface area contributed by atoms with Crippen LogP contribution in [-0.2, 0) is 14.3 Å². The predicted octanol–water partition coefficient (Wildman–Crippen LogP) is -0.793. The van der Waals surface area contributed by atoms with E-state index in [0.29, 0.717) is 0 Å². The van der Waals surface area contributed by atoms with E-state index < -0.39 is 43.0 Å². The van der Waals surface area contributed by atoms with Gasteiger partial charge in [0.15, 0.2) is 0 Å². The molecule has 0 aromatic heterocycles. The van der Waals surface area contributed by atoms with Crippen LogP contribution in [0.15, 0.2) is 16.9 Å². The molecule has 14 heteroatoms. The van der Waals surface area contributed by atoms with Crippen LogP contribution in [0, 0.1) is 176 Å². The van der Waals surface area contributed by atoms with E-state index in [1.54, 1.807) is 0 Å². The second-order valence-electron chi connectivity index (χ2n) is 4.29. The molecule has 0 aromatic rings. The van der Waals surface area contributed by atoms with E-state index in [9.17, 15) is 15.0 Å². The molecule has 130 valence electrons. The summed E-state index contributed by atoms with van der Waals surface area (Å²) in [5.74, 6) is -1.08. The molecule has 0 spiro atoms. The monoisotopic (exact) mass is 1210 g/mol. The second kappa shape index (κ2) is 19.9. The Labute approximate surface area is 288 Å². The van der Waals surface area contributed by atoms with Gasteiger partial charge in [-0.1, -0.05) is 11.2 Å². The van der Waals surface area contributed by atoms with Gasteiger partial charge in [-0.15, -0.1) is 0 Å². The zero-order chi connectivity index (χ0) is 16.0. The number of nitrogens with zero attached hydrogens (tertiary/aromatic N) is 4. The van der Waals surface area contributed by atoms with Crippen molar-refractivity contribution in [2.45, 2.75) is 30.4 Å². The van der Waals surface area contributed by atoms with Gasteiger partial charge in [0.2, 0.25) is 5.76 Å². The first-order valence-corrected chi connectivity index (χ1v) is 6.07. The summed E-state index contributed by atoms with van der Waals surface area (Å²) in [5, 5.41) is 35.9. The SMILES string of the molecule is C[N-]C1C(N=[N+]=[N-])C=C(C(=O)OC)O[C@H]1C(O)C(O)CO.[Ac].[Ac].[Ac].[Ac]. The number of carbonyl (C=O) groups is 1. The Balaban J connectivity index is -0.000000551. The number of rotatable bonds is 6. The second-order valence-corrected chi connectivity index (χ2v) is 4.29. The third-order valence-electron chi connectivity index (χ3n) is 3.06. The van der Waals surface area contributed by atoms with Crippen molar-refractivity contribution in [1.82, 2.24) is 0 Å². The van der Waals surface area contributed by atoms with Crippen LogP contribution >= 0.6 is 0 Å². The van der Waals surface area contributed by atoms with E-state index in [1.165, 1.54) is 13.1 Å². The number of aliphatic hydroxyl groups excluding tert-OH is 3. The number of carbonyl (C=O) groups excluding carboxylic acids is 1. The number of hydrogen-bond donors (Lipinski definition) is 3. The minimum absolute atomic E-state index is 0. The van der Waals surface area contributed by atoms with Crippen LogP contribution in [0.2, 0.25) is 0 Å². The zero-order valence-corrected chi connectivity index (χ0v) is 32.8. The third-order valence-corrected chi connectivity index (χ3v) is 3.06. The summed E-state index contributed by atoms with van der Waals surface area (Å²) in [5.41, 5.74) is 8.57. The molecule has 0 saturated carbocycles. The van der Waals surface area contributed by atoms with Crippen LogP contribution in [0.4, 0.5) is 0 Å². The topological polar surface area (TPSA) is 159 Å². The molecule has 4 radical (unpaired) electrons. The van der Waals surface area contributed by atoms with Crippen LogP contribution in [0.5, 0.6) is 0 Å². The normalized spacial score (nSPS) is 23.2. The van der Waals surface area contributed by atoms with Crippen molar-refractivity contribution in [3.05, 3.63) is 27.6 Å². The minimum Gasteiger partial charge on any atom is -0.659 e. The first kappa shape index (κ1) is 36.3. The predicted molar refractivity (Wildman–Crippen MR) is 70.1 cm³/mol. The molecule has 0 aromatic carbocycles. The largest absolute Gasteiger partial charge is 0.659 e. The van der Waals surface area contributed by atoms with Crippen molar-refractivity contribution in [1.29, 1.82) is 0 Å². The molecule has 5 atom stereocenters. The van der Waals surface area contributed by atoms with Crippen molar-refractivity contribution in [3.63, 3.8) is 0 Å². The van der Waals surface area contributed by atoms with Crippen LogP contribution in [-0.4, -0.2) is 72.4 Å². The number of ether oxygens (including phenoxy) is 2. The van der Waals surface area contributed by atoms with Crippen molar-refractivity contribution >= 4 is 5.97 Å². The maximum Gasteiger partial charge on any atom is 0.372 e. The molecule has 1 aliphatic rings. The van der Waals surface area contributed by atoms with Crippen molar-refractivity contribution in [3.8, 4) is 0 Å². The molecule has 0 bridgehead atoms. The van der Waals surface area contributed by atoms with Crippen LogP contribution < -0.4 is 0 Å². The van der Waals surface area contributed by atoms with Gasteiger partial charge in [0.1, 0.15) is 18.3 Å². The molecule has 1 rings (SSSR count). The fourth-order valence-electron chi connectivity index (χ4n) is 1.98. The molecule has 0 aliphatic carbocycles. The van der Waals surface area contributed by atoms with Gasteiger partial charge in [0.05, 0.1) is 13.7 Å². The summed E-state index contributed by atoms with van der Waals surface area (Å²) >= 11 is 0.